The number of benzene rings is 1. The molecule has 1 aromatic rings. The zero-order valence-corrected chi connectivity index (χ0v) is 17.6. The van der Waals surface area contributed by atoms with Crippen molar-refractivity contribution in [3.05, 3.63) is 42.0 Å². The van der Waals surface area contributed by atoms with Gasteiger partial charge in [-0.25, -0.2) is 0 Å². The van der Waals surface area contributed by atoms with Gasteiger partial charge in [0.05, 0.1) is 0 Å². The van der Waals surface area contributed by atoms with Crippen LogP contribution in [0.25, 0.3) is 5.57 Å². The van der Waals surface area contributed by atoms with Crippen LogP contribution in [0.15, 0.2) is 41.4 Å². The van der Waals surface area contributed by atoms with Crippen LogP contribution in [0.5, 0.6) is 0 Å². The van der Waals surface area contributed by atoms with Crippen molar-refractivity contribution in [2.75, 3.05) is 33.2 Å². The number of hydrogen-bond acceptors (Lipinski definition) is 2. The van der Waals surface area contributed by atoms with Crippen molar-refractivity contribution in [3.8, 4) is 0 Å². The van der Waals surface area contributed by atoms with E-state index in [9.17, 15) is 4.79 Å². The van der Waals surface area contributed by atoms with Crippen molar-refractivity contribution < 1.29 is 4.79 Å². The van der Waals surface area contributed by atoms with Gasteiger partial charge in [0.1, 0.15) is 0 Å². The molecule has 0 spiro atoms. The first-order valence-electron chi connectivity index (χ1n) is 8.59. The van der Waals surface area contributed by atoms with E-state index in [-0.39, 0.29) is 35.8 Å². The summed E-state index contributed by atoms with van der Waals surface area (Å²) < 4.78 is 0. The van der Waals surface area contributed by atoms with Crippen LogP contribution in [-0.4, -0.2) is 50.0 Å². The number of amides is 1. The molecule has 1 heterocycles. The van der Waals surface area contributed by atoms with Crippen molar-refractivity contribution in [1.29, 1.82) is 0 Å². The summed E-state index contributed by atoms with van der Waals surface area (Å²) in [5.41, 5.74) is 2.70. The zero-order valence-electron chi connectivity index (χ0n) is 15.3. The summed E-state index contributed by atoms with van der Waals surface area (Å²) in [5, 5.41) is 6.23. The first-order chi connectivity index (χ1) is 11.6. The maximum absolute atomic E-state index is 11.5. The number of nitrogens with zero attached hydrogens (tertiary/aromatic N) is 2. The lowest BCUT2D eigenvalue weighted by atomic mass is 10.00. The minimum atomic E-state index is 0. The molecule has 0 atom stereocenters. The molecule has 0 unspecified atom stereocenters. The first-order valence-corrected chi connectivity index (χ1v) is 8.59. The van der Waals surface area contributed by atoms with Crippen LogP contribution in [0, 0.1) is 5.92 Å². The smallest absolute Gasteiger partial charge is 0.222 e. The fourth-order valence-electron chi connectivity index (χ4n) is 2.67. The van der Waals surface area contributed by atoms with Gasteiger partial charge in [0.2, 0.25) is 5.91 Å². The topological polar surface area (TPSA) is 56.7 Å². The van der Waals surface area contributed by atoms with E-state index in [2.05, 4.69) is 50.9 Å². The van der Waals surface area contributed by atoms with Crippen LogP contribution in [0.1, 0.15) is 25.8 Å². The zero-order chi connectivity index (χ0) is 17.4. The van der Waals surface area contributed by atoms with Crippen LogP contribution < -0.4 is 10.6 Å². The summed E-state index contributed by atoms with van der Waals surface area (Å²) in [6, 6.07) is 10.5. The molecule has 2 N–H and O–H groups in total. The second kappa shape index (κ2) is 11.1. The van der Waals surface area contributed by atoms with Gasteiger partial charge in [0.25, 0.3) is 0 Å². The molecule has 1 amide bonds. The Bertz CT molecular complexity index is 599. The number of rotatable bonds is 5. The predicted molar refractivity (Wildman–Crippen MR) is 115 cm³/mol. The number of halogens is 1. The minimum absolute atomic E-state index is 0. The average Bonchev–Trinajstić information content (AvgIpc) is 2.62. The van der Waals surface area contributed by atoms with Crippen molar-refractivity contribution in [2.45, 2.75) is 20.3 Å². The number of carbonyl (C=O) groups excluding carboxylic acids is 1. The lowest BCUT2D eigenvalue weighted by Crippen LogP contribution is -2.46. The molecule has 0 bridgehead atoms. The van der Waals surface area contributed by atoms with E-state index < -0.39 is 0 Å². The van der Waals surface area contributed by atoms with Crippen molar-refractivity contribution in [3.63, 3.8) is 0 Å². The second-order valence-electron chi connectivity index (χ2n) is 6.21. The molecule has 1 aromatic carbocycles. The Labute approximate surface area is 168 Å². The van der Waals surface area contributed by atoms with Gasteiger partial charge in [-0.3, -0.25) is 9.79 Å². The third-order valence-electron chi connectivity index (χ3n) is 4.10. The minimum Gasteiger partial charge on any atom is -0.354 e. The van der Waals surface area contributed by atoms with Crippen molar-refractivity contribution >= 4 is 41.4 Å². The van der Waals surface area contributed by atoms with E-state index >= 15 is 0 Å². The van der Waals surface area contributed by atoms with E-state index in [0.29, 0.717) is 13.1 Å². The Balaban J connectivity index is 0.00000312. The monoisotopic (exact) mass is 456 g/mol. The van der Waals surface area contributed by atoms with Gasteiger partial charge in [-0.15, -0.1) is 24.0 Å². The second-order valence-corrected chi connectivity index (χ2v) is 6.21. The quantitative estimate of drug-likeness (QED) is 0.310. The van der Waals surface area contributed by atoms with Crippen LogP contribution in [0.2, 0.25) is 0 Å². The molecule has 6 heteroatoms. The SMILES string of the molecule is CN=C(NCCNC(=O)C(C)C)N1CC=C(c2ccccc2)CC1.I. The molecular formula is C19H29IN4O. The van der Waals surface area contributed by atoms with Gasteiger partial charge in [-0.2, -0.15) is 0 Å². The molecule has 25 heavy (non-hydrogen) atoms. The molecule has 0 saturated carbocycles. The fraction of sp³-hybridized carbons (Fsp3) is 0.474. The number of guanidine groups is 1. The van der Waals surface area contributed by atoms with Crippen LogP contribution in [0.3, 0.4) is 0 Å². The van der Waals surface area contributed by atoms with Gasteiger partial charge in [0.15, 0.2) is 5.96 Å². The lowest BCUT2D eigenvalue weighted by Gasteiger charge is -2.29. The highest BCUT2D eigenvalue weighted by molar-refractivity contribution is 14.0. The van der Waals surface area contributed by atoms with Gasteiger partial charge >= 0.3 is 0 Å². The molecule has 0 aliphatic carbocycles. The molecule has 138 valence electrons. The summed E-state index contributed by atoms with van der Waals surface area (Å²) in [6.07, 6.45) is 3.28. The summed E-state index contributed by atoms with van der Waals surface area (Å²) in [5.74, 6) is 0.991. The molecular weight excluding hydrogens is 427 g/mol. The number of hydrogen-bond donors (Lipinski definition) is 2. The average molecular weight is 456 g/mol. The molecule has 0 fully saturated rings. The van der Waals surface area contributed by atoms with Crippen LogP contribution in [0.4, 0.5) is 0 Å². The highest BCUT2D eigenvalue weighted by Gasteiger charge is 2.16. The lowest BCUT2D eigenvalue weighted by molar-refractivity contribution is -0.123. The van der Waals surface area contributed by atoms with Crippen molar-refractivity contribution in [2.24, 2.45) is 10.9 Å². The number of aliphatic imine (C=N–C) groups is 1. The van der Waals surface area contributed by atoms with E-state index in [1.165, 1.54) is 11.1 Å². The maximum Gasteiger partial charge on any atom is 0.222 e. The summed E-state index contributed by atoms with van der Waals surface area (Å²) >= 11 is 0. The summed E-state index contributed by atoms with van der Waals surface area (Å²) in [6.45, 7) is 6.87. The van der Waals surface area contributed by atoms with Crippen LogP contribution in [-0.2, 0) is 4.79 Å². The molecule has 1 aliphatic rings. The molecule has 0 aromatic heterocycles. The predicted octanol–water partition coefficient (Wildman–Crippen LogP) is 2.74. The fourth-order valence-corrected chi connectivity index (χ4v) is 2.67. The van der Waals surface area contributed by atoms with Gasteiger partial charge < -0.3 is 15.5 Å². The Hall–Kier alpha value is -1.57. The molecule has 0 saturated heterocycles. The molecule has 5 nitrogen and oxygen atoms in total. The highest BCUT2D eigenvalue weighted by atomic mass is 127. The third-order valence-corrected chi connectivity index (χ3v) is 4.10. The van der Waals surface area contributed by atoms with E-state index in [4.69, 9.17) is 0 Å². The Morgan fingerprint density at radius 3 is 2.44 bits per heavy atom. The van der Waals surface area contributed by atoms with Crippen LogP contribution >= 0.6 is 24.0 Å². The number of nitrogens with one attached hydrogen (secondary N) is 2. The Morgan fingerprint density at radius 2 is 1.88 bits per heavy atom. The van der Waals surface area contributed by atoms with E-state index in [1.807, 2.05) is 19.9 Å². The van der Waals surface area contributed by atoms with E-state index in [1.54, 1.807) is 7.05 Å². The Kier molecular flexibility index (Phi) is 9.55. The van der Waals surface area contributed by atoms with Crippen molar-refractivity contribution in [1.82, 2.24) is 15.5 Å². The molecule has 2 rings (SSSR count). The van der Waals surface area contributed by atoms with Gasteiger partial charge in [-0.05, 0) is 17.6 Å². The summed E-state index contributed by atoms with van der Waals surface area (Å²) in [7, 11) is 1.80. The highest BCUT2D eigenvalue weighted by Crippen LogP contribution is 2.21. The van der Waals surface area contributed by atoms with E-state index in [0.717, 1.165) is 25.5 Å². The van der Waals surface area contributed by atoms with Gasteiger partial charge in [-0.1, -0.05) is 50.3 Å². The third kappa shape index (κ3) is 6.68. The number of carbonyl (C=O) groups is 1. The van der Waals surface area contributed by atoms with Gasteiger partial charge in [0, 0.05) is 39.1 Å². The Morgan fingerprint density at radius 1 is 1.20 bits per heavy atom. The molecule has 0 radical (unpaired) electrons. The maximum atomic E-state index is 11.5. The molecule has 1 aliphatic heterocycles. The summed E-state index contributed by atoms with van der Waals surface area (Å²) in [4.78, 5) is 18.1. The largest absolute Gasteiger partial charge is 0.354 e. The normalized spacial score (nSPS) is 14.6. The standard InChI is InChI=1S/C19H28N4O.HI/c1-15(2)18(24)21-11-12-22-19(20-3)23-13-9-17(10-14-23)16-7-5-4-6-8-16;/h4-9,15H,10-14H2,1-3H3,(H,20,22)(H,21,24);1H. The first kappa shape index (κ1) is 21.5.